The zero-order valence-electron chi connectivity index (χ0n) is 39.1. The highest BCUT2D eigenvalue weighted by Gasteiger charge is 2.29. The number of rotatable bonds is 7. The number of fused-ring (bicyclic) bond motifs is 4. The van der Waals surface area contributed by atoms with Crippen LogP contribution in [0.3, 0.4) is 0 Å². The van der Waals surface area contributed by atoms with E-state index in [1.54, 1.807) is 0 Å². The van der Waals surface area contributed by atoms with E-state index in [-0.39, 0.29) is 16.2 Å². The molecule has 324 valence electrons. The maximum atomic E-state index is 6.77. The van der Waals surface area contributed by atoms with Crippen molar-refractivity contribution in [1.82, 2.24) is 9.55 Å². The minimum atomic E-state index is -0.00651. The fourth-order valence-corrected chi connectivity index (χ4v) is 9.20. The molecule has 0 fully saturated rings. The lowest BCUT2D eigenvalue weighted by molar-refractivity contribution is 0.483. The van der Waals surface area contributed by atoms with Crippen molar-refractivity contribution in [1.29, 1.82) is 0 Å². The molecule has 0 saturated heterocycles. The van der Waals surface area contributed by atoms with Gasteiger partial charge >= 0.3 is 0 Å². The molecule has 1 aliphatic rings. The van der Waals surface area contributed by atoms with Crippen LogP contribution in [0, 0.1) is 0 Å². The third-order valence-corrected chi connectivity index (χ3v) is 13.0. The van der Waals surface area contributed by atoms with Gasteiger partial charge in [-0.1, -0.05) is 147 Å². The SMILES string of the molecule is CC(C)(C)c1ccc(-c2cc(-c3ccc(C(C)(C)C)cc3)cc(N3CN(c4cccc(Oc5ccc6c7ccccc7n(-c7cc(C(C)(C)C)ccn7)c6c5)c4)c4ccccc43)c2)cc1. The summed E-state index contributed by atoms with van der Waals surface area (Å²) in [6.07, 6.45) is 1.92. The summed E-state index contributed by atoms with van der Waals surface area (Å²) in [4.78, 5) is 9.72. The predicted molar refractivity (Wildman–Crippen MR) is 274 cm³/mol. The van der Waals surface area contributed by atoms with Crippen molar-refractivity contribution >= 4 is 44.6 Å². The molecule has 1 aliphatic heterocycles. The van der Waals surface area contributed by atoms with E-state index in [9.17, 15) is 0 Å². The molecule has 0 spiro atoms. The van der Waals surface area contributed by atoms with Gasteiger partial charge in [0.2, 0.25) is 0 Å². The van der Waals surface area contributed by atoms with Gasteiger partial charge in [0.15, 0.2) is 0 Å². The Morgan fingerprint density at radius 1 is 0.415 bits per heavy atom. The molecule has 65 heavy (non-hydrogen) atoms. The van der Waals surface area contributed by atoms with Crippen LogP contribution in [0.5, 0.6) is 11.5 Å². The second-order valence-corrected chi connectivity index (χ2v) is 20.7. The molecule has 9 aromatic rings. The third-order valence-electron chi connectivity index (χ3n) is 13.0. The smallest absolute Gasteiger partial charge is 0.137 e. The number of pyridine rings is 1. The molecule has 5 heteroatoms. The van der Waals surface area contributed by atoms with Gasteiger partial charge in [0.1, 0.15) is 24.0 Å². The summed E-state index contributed by atoms with van der Waals surface area (Å²) < 4.78 is 9.03. The first-order valence-electron chi connectivity index (χ1n) is 22.9. The molecule has 0 unspecified atom stereocenters. The number of hydrogen-bond acceptors (Lipinski definition) is 4. The van der Waals surface area contributed by atoms with Crippen LogP contribution in [0.2, 0.25) is 0 Å². The number of benzene rings is 7. The molecule has 0 atom stereocenters. The molecular weight excluding hydrogens is 793 g/mol. The highest BCUT2D eigenvalue weighted by Crippen LogP contribution is 2.47. The Kier molecular flexibility index (Phi) is 10.2. The third kappa shape index (κ3) is 8.05. The summed E-state index contributed by atoms with van der Waals surface area (Å²) in [6.45, 7) is 21.0. The molecule has 5 nitrogen and oxygen atoms in total. The van der Waals surface area contributed by atoms with E-state index in [4.69, 9.17) is 9.72 Å². The van der Waals surface area contributed by atoms with Gasteiger partial charge in [0.25, 0.3) is 0 Å². The molecule has 0 aliphatic carbocycles. The van der Waals surface area contributed by atoms with Crippen LogP contribution < -0.4 is 14.5 Å². The van der Waals surface area contributed by atoms with Gasteiger partial charge < -0.3 is 14.5 Å². The van der Waals surface area contributed by atoms with Crippen molar-refractivity contribution in [2.45, 2.75) is 78.6 Å². The van der Waals surface area contributed by atoms with E-state index < -0.39 is 0 Å². The second-order valence-electron chi connectivity index (χ2n) is 20.7. The summed E-state index contributed by atoms with van der Waals surface area (Å²) in [6, 6.07) is 61.8. The van der Waals surface area contributed by atoms with Gasteiger partial charge in [-0.3, -0.25) is 4.57 Å². The molecular formula is C60H58N4O. The minimum Gasteiger partial charge on any atom is -0.457 e. The molecule has 0 saturated carbocycles. The van der Waals surface area contributed by atoms with E-state index in [1.165, 1.54) is 44.3 Å². The van der Waals surface area contributed by atoms with Crippen LogP contribution in [0.25, 0.3) is 49.9 Å². The van der Waals surface area contributed by atoms with E-state index in [2.05, 4.69) is 240 Å². The molecule has 0 N–H and O–H groups in total. The summed E-state index contributed by atoms with van der Waals surface area (Å²) in [7, 11) is 0. The van der Waals surface area contributed by atoms with Crippen LogP contribution in [-0.2, 0) is 16.2 Å². The zero-order valence-corrected chi connectivity index (χ0v) is 39.1. The molecule has 10 rings (SSSR count). The monoisotopic (exact) mass is 850 g/mol. The lowest BCUT2D eigenvalue weighted by atomic mass is 9.85. The van der Waals surface area contributed by atoms with Crippen molar-refractivity contribution in [3.05, 3.63) is 193 Å². The molecule has 0 bridgehead atoms. The Hall–Kier alpha value is -7.11. The summed E-state index contributed by atoms with van der Waals surface area (Å²) >= 11 is 0. The van der Waals surface area contributed by atoms with Crippen molar-refractivity contribution in [3.8, 4) is 39.6 Å². The standard InChI is InChI=1S/C60H58N4O/c1-58(2,3)44-25-21-40(22-26-44)42-33-43(41-23-27-45(28-24-41)59(4,5)6)35-48(34-42)63-39-62(54-19-12-13-20-55(54)63)47-15-14-16-49(37-47)65-50-29-30-52-51-17-10-11-18-53(51)64(56(52)38-50)57-36-46(31-32-61-57)60(7,8)9/h10-38H,39H2,1-9H3. The Morgan fingerprint density at radius 2 is 0.969 bits per heavy atom. The van der Waals surface area contributed by atoms with Crippen molar-refractivity contribution in [2.24, 2.45) is 0 Å². The first kappa shape index (κ1) is 41.9. The van der Waals surface area contributed by atoms with Crippen molar-refractivity contribution < 1.29 is 4.74 Å². The predicted octanol–water partition coefficient (Wildman–Crippen LogP) is 16.4. The Balaban J connectivity index is 1.00. The van der Waals surface area contributed by atoms with Crippen molar-refractivity contribution in [3.63, 3.8) is 0 Å². The number of para-hydroxylation sites is 3. The fourth-order valence-electron chi connectivity index (χ4n) is 9.20. The largest absolute Gasteiger partial charge is 0.457 e. The van der Waals surface area contributed by atoms with Gasteiger partial charge in [0, 0.05) is 40.5 Å². The maximum absolute atomic E-state index is 6.77. The first-order valence-corrected chi connectivity index (χ1v) is 22.9. The highest BCUT2D eigenvalue weighted by molar-refractivity contribution is 6.09. The lowest BCUT2D eigenvalue weighted by Crippen LogP contribution is -2.24. The van der Waals surface area contributed by atoms with Gasteiger partial charge in [-0.25, -0.2) is 4.98 Å². The van der Waals surface area contributed by atoms with Crippen LogP contribution in [-0.4, -0.2) is 16.2 Å². The molecule has 2 aromatic heterocycles. The molecule has 3 heterocycles. The lowest BCUT2D eigenvalue weighted by Gasteiger charge is -2.24. The average Bonchev–Trinajstić information content (AvgIpc) is 3.84. The number of anilines is 4. The van der Waals surface area contributed by atoms with Crippen LogP contribution in [0.4, 0.5) is 22.7 Å². The zero-order chi connectivity index (χ0) is 45.3. The second kappa shape index (κ2) is 15.8. The normalized spacial score (nSPS) is 13.2. The first-order chi connectivity index (χ1) is 31.1. The summed E-state index contributed by atoms with van der Waals surface area (Å²) in [5.74, 6) is 2.44. The number of aromatic nitrogens is 2. The Labute approximate surface area is 384 Å². The average molecular weight is 851 g/mol. The molecule has 7 aromatic carbocycles. The summed E-state index contributed by atoms with van der Waals surface area (Å²) in [5, 5.41) is 2.35. The van der Waals surface area contributed by atoms with Crippen LogP contribution in [0.1, 0.15) is 79.0 Å². The Morgan fingerprint density at radius 3 is 1.58 bits per heavy atom. The van der Waals surface area contributed by atoms with Gasteiger partial charge in [0.05, 0.1) is 22.4 Å². The van der Waals surface area contributed by atoms with E-state index in [0.29, 0.717) is 6.67 Å². The molecule has 0 amide bonds. The number of hydrogen-bond donors (Lipinski definition) is 0. The van der Waals surface area contributed by atoms with Crippen LogP contribution >= 0.6 is 0 Å². The number of ether oxygens (including phenoxy) is 1. The minimum absolute atomic E-state index is 0.00651. The van der Waals surface area contributed by atoms with E-state index in [0.717, 1.165) is 56.5 Å². The van der Waals surface area contributed by atoms with Crippen LogP contribution in [0.15, 0.2) is 176 Å². The summed E-state index contributed by atoms with van der Waals surface area (Å²) in [5.41, 5.74) is 15.5. The maximum Gasteiger partial charge on any atom is 0.137 e. The molecule has 0 radical (unpaired) electrons. The number of nitrogens with zero attached hydrogens (tertiary/aromatic N) is 4. The Bertz CT molecular complexity index is 3130. The van der Waals surface area contributed by atoms with Gasteiger partial charge in [-0.05, 0) is 128 Å². The fraction of sp³-hybridized carbons (Fsp3) is 0.217. The van der Waals surface area contributed by atoms with Gasteiger partial charge in [-0.15, -0.1) is 0 Å². The van der Waals surface area contributed by atoms with E-state index in [1.807, 2.05) is 12.3 Å². The van der Waals surface area contributed by atoms with Gasteiger partial charge in [-0.2, -0.15) is 0 Å². The highest BCUT2D eigenvalue weighted by atomic mass is 16.5. The topological polar surface area (TPSA) is 33.5 Å². The van der Waals surface area contributed by atoms with E-state index >= 15 is 0 Å². The quantitative estimate of drug-likeness (QED) is 0.160. The van der Waals surface area contributed by atoms with Crippen molar-refractivity contribution in [2.75, 3.05) is 16.5 Å².